The van der Waals surface area contributed by atoms with E-state index in [9.17, 15) is 0 Å². The van der Waals surface area contributed by atoms with Gasteiger partial charge in [-0.25, -0.2) is 4.98 Å². The summed E-state index contributed by atoms with van der Waals surface area (Å²) >= 11 is 0. The Kier molecular flexibility index (Phi) is 7.15. The second-order valence-corrected chi connectivity index (χ2v) is 15.1. The highest BCUT2D eigenvalue weighted by molar-refractivity contribution is 6.15. The van der Waals surface area contributed by atoms with Crippen LogP contribution >= 0.6 is 0 Å². The molecule has 11 aromatic rings. The van der Waals surface area contributed by atoms with Crippen molar-refractivity contribution in [1.29, 1.82) is 0 Å². The molecule has 0 aliphatic heterocycles. The molecule has 0 radical (unpaired) electrons. The van der Waals surface area contributed by atoms with Gasteiger partial charge in [0.25, 0.3) is 0 Å². The highest BCUT2D eigenvalue weighted by Crippen LogP contribution is 2.56. The van der Waals surface area contributed by atoms with Crippen LogP contribution in [0.5, 0.6) is 0 Å². The molecule has 0 bridgehead atoms. The fourth-order valence-corrected chi connectivity index (χ4v) is 9.07. The maximum Gasteiger partial charge on any atom is 0.220 e. The van der Waals surface area contributed by atoms with E-state index in [1.165, 1.54) is 0 Å². The third-order valence-corrected chi connectivity index (χ3v) is 11.6. The summed E-state index contributed by atoms with van der Waals surface area (Å²) in [6.07, 6.45) is 0. The summed E-state index contributed by atoms with van der Waals surface area (Å²) in [7, 11) is 0. The topological polar surface area (TPSA) is 22.2 Å². The molecular formula is C57H41N3. The molecule has 0 aliphatic rings. The lowest BCUT2D eigenvalue weighted by molar-refractivity contribution is 1.10. The molecule has 9 aromatic carbocycles. The first kappa shape index (κ1) is 29.5. The number of fused-ring (bicyclic) bond motifs is 5. The van der Waals surface area contributed by atoms with E-state index in [1.54, 1.807) is 24.3 Å². The van der Waals surface area contributed by atoms with Crippen LogP contribution in [0.1, 0.15) is 19.4 Å². The Morgan fingerprint density at radius 2 is 0.750 bits per heavy atom. The Morgan fingerprint density at radius 3 is 1.20 bits per heavy atom. The minimum absolute atomic E-state index is 0.129. The van der Waals surface area contributed by atoms with Crippen molar-refractivity contribution >= 4 is 27.8 Å². The summed E-state index contributed by atoms with van der Waals surface area (Å²) in [4.78, 5) is 5.09. The summed E-state index contributed by atoms with van der Waals surface area (Å²) < 4.78 is 55.3. The Bertz CT molecular complexity index is 3470. The predicted molar refractivity (Wildman–Crippen MR) is 252 cm³/mol. The van der Waals surface area contributed by atoms with Crippen LogP contribution in [0.3, 0.4) is 0 Å². The largest absolute Gasteiger partial charge is 0.278 e. The van der Waals surface area contributed by atoms with Crippen molar-refractivity contribution < 1.29 is 8.22 Å². The summed E-state index contributed by atoms with van der Waals surface area (Å²) in [5.41, 5.74) is 15.4. The zero-order valence-electron chi connectivity index (χ0n) is 38.5. The van der Waals surface area contributed by atoms with E-state index in [2.05, 4.69) is 140 Å². The minimum Gasteiger partial charge on any atom is -0.278 e. The molecule has 2 heterocycles. The van der Waals surface area contributed by atoms with Gasteiger partial charge >= 0.3 is 0 Å². The van der Waals surface area contributed by atoms with E-state index in [0.717, 1.165) is 66.8 Å². The lowest BCUT2D eigenvalue weighted by Gasteiger charge is -2.29. The standard InChI is InChI=1S/C57H41N3/c1-38-21-18-35-47-55(38)58-57-59(56-39(2)22-19-36-48(56)60(47)57)46-34-20-33-45(37-46)54-52(43-29-14-6-15-30-43)50(41-25-10-4-11-26-41)49(40-23-8-3-9-24-40)51(42-27-12-5-13-28-42)53(54)44-31-16-7-17-32-44/h3-37H,1-2H3/i1D3,2D3. The lowest BCUT2D eigenvalue weighted by Crippen LogP contribution is -2.03. The third kappa shape index (κ3) is 5.70. The van der Waals surface area contributed by atoms with Gasteiger partial charge in [0.15, 0.2) is 0 Å². The molecule has 3 heteroatoms. The van der Waals surface area contributed by atoms with Crippen LogP contribution in [0.2, 0.25) is 0 Å². The van der Waals surface area contributed by atoms with Gasteiger partial charge in [0.1, 0.15) is 0 Å². The molecule has 60 heavy (non-hydrogen) atoms. The van der Waals surface area contributed by atoms with Gasteiger partial charge in [-0.3, -0.25) is 8.97 Å². The molecule has 0 unspecified atom stereocenters. The van der Waals surface area contributed by atoms with Gasteiger partial charge in [0.05, 0.1) is 22.1 Å². The van der Waals surface area contributed by atoms with Crippen molar-refractivity contribution in [1.82, 2.24) is 14.0 Å². The average molecular weight is 774 g/mol. The van der Waals surface area contributed by atoms with Gasteiger partial charge in [0.2, 0.25) is 5.78 Å². The fraction of sp³-hybridized carbons (Fsp3) is 0.0351. The molecule has 0 aliphatic carbocycles. The van der Waals surface area contributed by atoms with Crippen molar-refractivity contribution in [3.8, 4) is 72.4 Å². The average Bonchev–Trinajstić information content (AvgIpc) is 3.89. The summed E-state index contributed by atoms with van der Waals surface area (Å²) in [6.45, 7) is -4.90. The molecule has 11 rings (SSSR count). The summed E-state index contributed by atoms with van der Waals surface area (Å²) in [5.74, 6) is 0.409. The first-order valence-corrected chi connectivity index (χ1v) is 20.2. The highest BCUT2D eigenvalue weighted by Gasteiger charge is 2.29. The van der Waals surface area contributed by atoms with Gasteiger partial charge in [0, 0.05) is 13.9 Å². The number of benzene rings is 9. The number of hydrogen-bond donors (Lipinski definition) is 0. The van der Waals surface area contributed by atoms with Gasteiger partial charge in [-0.05, 0) is 116 Å². The minimum atomic E-state index is -2.48. The maximum atomic E-state index is 8.76. The Hall–Kier alpha value is -7.75. The van der Waals surface area contributed by atoms with E-state index in [1.807, 2.05) is 57.5 Å². The second kappa shape index (κ2) is 14.6. The molecule has 2 aromatic heterocycles. The number of nitrogens with zero attached hydrogens (tertiary/aromatic N) is 3. The normalized spacial score (nSPS) is 13.4. The van der Waals surface area contributed by atoms with Crippen LogP contribution < -0.4 is 0 Å². The fourth-order valence-electron chi connectivity index (χ4n) is 9.07. The van der Waals surface area contributed by atoms with Crippen LogP contribution in [0.25, 0.3) is 100 Å². The Labute approximate surface area is 358 Å². The molecule has 0 N–H and O–H groups in total. The maximum absolute atomic E-state index is 8.76. The lowest BCUT2D eigenvalue weighted by atomic mass is 9.74. The van der Waals surface area contributed by atoms with Crippen molar-refractivity contribution in [3.05, 3.63) is 223 Å². The number of rotatable bonds is 7. The molecule has 0 saturated heterocycles. The highest BCUT2D eigenvalue weighted by atomic mass is 15.2. The number of para-hydroxylation sites is 2. The van der Waals surface area contributed by atoms with Crippen LogP contribution in [0, 0.1) is 13.7 Å². The van der Waals surface area contributed by atoms with Gasteiger partial charge in [-0.15, -0.1) is 0 Å². The quantitative estimate of drug-likeness (QED) is 0.158. The monoisotopic (exact) mass is 773 g/mol. The van der Waals surface area contributed by atoms with Crippen molar-refractivity contribution in [3.63, 3.8) is 0 Å². The van der Waals surface area contributed by atoms with Crippen molar-refractivity contribution in [2.24, 2.45) is 0 Å². The van der Waals surface area contributed by atoms with E-state index >= 15 is 0 Å². The molecule has 0 spiro atoms. The van der Waals surface area contributed by atoms with Gasteiger partial charge < -0.3 is 0 Å². The van der Waals surface area contributed by atoms with E-state index in [-0.39, 0.29) is 11.1 Å². The second-order valence-electron chi connectivity index (χ2n) is 15.1. The van der Waals surface area contributed by atoms with Crippen molar-refractivity contribution in [2.45, 2.75) is 13.7 Å². The molecule has 0 saturated carbocycles. The zero-order chi connectivity index (χ0) is 45.2. The number of aryl methyl sites for hydroxylation is 2. The number of hydrogen-bond acceptors (Lipinski definition) is 1. The molecule has 284 valence electrons. The van der Waals surface area contributed by atoms with Crippen LogP contribution in [0.15, 0.2) is 212 Å². The Balaban J connectivity index is 1.34. The van der Waals surface area contributed by atoms with E-state index < -0.39 is 13.7 Å². The predicted octanol–water partition coefficient (Wildman–Crippen LogP) is 15.1. The van der Waals surface area contributed by atoms with Crippen LogP contribution in [0.4, 0.5) is 0 Å². The van der Waals surface area contributed by atoms with Crippen LogP contribution in [-0.4, -0.2) is 14.0 Å². The van der Waals surface area contributed by atoms with Crippen molar-refractivity contribution in [2.75, 3.05) is 0 Å². The van der Waals surface area contributed by atoms with Gasteiger partial charge in [-0.2, -0.15) is 0 Å². The molecule has 3 nitrogen and oxygen atoms in total. The summed E-state index contributed by atoms with van der Waals surface area (Å²) in [5, 5.41) is 0. The Morgan fingerprint density at radius 1 is 0.367 bits per heavy atom. The first-order chi connectivity index (χ1) is 32.1. The van der Waals surface area contributed by atoms with E-state index in [0.29, 0.717) is 33.5 Å². The van der Waals surface area contributed by atoms with Gasteiger partial charge in [-0.1, -0.05) is 188 Å². The first-order valence-electron chi connectivity index (χ1n) is 23.2. The summed E-state index contributed by atoms with van der Waals surface area (Å²) in [6, 6.07) is 71.5. The molecular weight excluding hydrogens is 727 g/mol. The van der Waals surface area contributed by atoms with Crippen LogP contribution in [-0.2, 0) is 0 Å². The zero-order valence-corrected chi connectivity index (χ0v) is 32.5. The van der Waals surface area contributed by atoms with E-state index in [4.69, 9.17) is 13.2 Å². The molecule has 0 fully saturated rings. The third-order valence-electron chi connectivity index (χ3n) is 11.6. The number of imidazole rings is 2. The molecule has 0 atom stereocenters. The SMILES string of the molecule is [2H]C([2H])([2H])c1cccc2c1nc1n(-c3cccc(-c4c(-c5ccccc5)c(-c5ccccc5)c(-c5ccccc5)c(-c5ccccc5)c4-c4ccccc4)c3)c3c(C([2H])([2H])[2H])cccc3n21. The smallest absolute Gasteiger partial charge is 0.220 e. The number of aromatic nitrogens is 3. The molecule has 0 amide bonds.